The van der Waals surface area contributed by atoms with Crippen molar-refractivity contribution >= 4 is 17.6 Å². The molecule has 32 heavy (non-hydrogen) atoms. The van der Waals surface area contributed by atoms with Crippen LogP contribution in [-0.2, 0) is 0 Å². The van der Waals surface area contributed by atoms with Gasteiger partial charge in [-0.15, -0.1) is 0 Å². The summed E-state index contributed by atoms with van der Waals surface area (Å²) in [5, 5.41) is 0. The molecule has 0 heterocycles. The topological polar surface area (TPSA) is 32.8 Å². The van der Waals surface area contributed by atoms with Gasteiger partial charge in [0, 0.05) is 25.2 Å². The third-order valence-corrected chi connectivity index (χ3v) is 6.09. The standard InChI is InChI=1S/C28H36N2O2/c1-6-30(7-2)28(31)24-12-8-10-21(17-24)16-22-14-15-25(20-29(3)4)27(18-22)23-11-9-13-26(19-23)32-5/h8-13,16-19,25H,6-7,14-15,20H2,1-5H3/b22-16+/t25-/m1/s1. The second-order valence-electron chi connectivity index (χ2n) is 8.65. The maximum absolute atomic E-state index is 12.8. The normalized spacial score (nSPS) is 17.4. The average molecular weight is 433 g/mol. The summed E-state index contributed by atoms with van der Waals surface area (Å²) in [4.78, 5) is 16.9. The Morgan fingerprint density at radius 3 is 2.53 bits per heavy atom. The van der Waals surface area contributed by atoms with Crippen molar-refractivity contribution in [2.75, 3.05) is 40.8 Å². The molecule has 1 atom stereocenters. The van der Waals surface area contributed by atoms with Gasteiger partial charge in [-0.1, -0.05) is 36.4 Å². The number of amides is 1. The van der Waals surface area contributed by atoms with Crippen LogP contribution in [0.2, 0.25) is 0 Å². The number of carbonyl (C=O) groups excluding carboxylic acids is 1. The Morgan fingerprint density at radius 2 is 1.84 bits per heavy atom. The number of hydrogen-bond donors (Lipinski definition) is 0. The van der Waals surface area contributed by atoms with Gasteiger partial charge in [0.05, 0.1) is 7.11 Å². The molecule has 4 heteroatoms. The van der Waals surface area contributed by atoms with E-state index in [2.05, 4.69) is 55.4 Å². The highest BCUT2D eigenvalue weighted by atomic mass is 16.5. The van der Waals surface area contributed by atoms with E-state index in [0.29, 0.717) is 5.92 Å². The second kappa shape index (κ2) is 11.1. The Balaban J connectivity index is 1.95. The minimum Gasteiger partial charge on any atom is -0.497 e. The monoisotopic (exact) mass is 432 g/mol. The Labute approximate surface area is 193 Å². The summed E-state index contributed by atoms with van der Waals surface area (Å²) >= 11 is 0. The first-order valence-electron chi connectivity index (χ1n) is 11.6. The lowest BCUT2D eigenvalue weighted by molar-refractivity contribution is 0.0773. The van der Waals surface area contributed by atoms with E-state index >= 15 is 0 Å². The predicted molar refractivity (Wildman–Crippen MR) is 134 cm³/mol. The predicted octanol–water partition coefficient (Wildman–Crippen LogP) is 5.62. The summed E-state index contributed by atoms with van der Waals surface area (Å²) < 4.78 is 5.47. The van der Waals surface area contributed by atoms with E-state index in [4.69, 9.17) is 4.74 Å². The maximum Gasteiger partial charge on any atom is 0.253 e. The quantitative estimate of drug-likeness (QED) is 0.543. The van der Waals surface area contributed by atoms with E-state index in [1.807, 2.05) is 43.0 Å². The average Bonchev–Trinajstić information content (AvgIpc) is 2.80. The lowest BCUT2D eigenvalue weighted by atomic mass is 9.81. The summed E-state index contributed by atoms with van der Waals surface area (Å²) in [6.07, 6.45) is 6.70. The van der Waals surface area contributed by atoms with Crippen molar-refractivity contribution in [1.29, 1.82) is 0 Å². The van der Waals surface area contributed by atoms with Crippen LogP contribution in [0.5, 0.6) is 5.75 Å². The third-order valence-electron chi connectivity index (χ3n) is 6.09. The van der Waals surface area contributed by atoms with Crippen molar-refractivity contribution in [3.8, 4) is 5.75 Å². The zero-order valence-corrected chi connectivity index (χ0v) is 20.1. The molecule has 0 radical (unpaired) electrons. The highest BCUT2D eigenvalue weighted by molar-refractivity contribution is 5.94. The maximum atomic E-state index is 12.8. The third kappa shape index (κ3) is 5.89. The molecule has 1 aliphatic rings. The van der Waals surface area contributed by atoms with Gasteiger partial charge in [0.15, 0.2) is 0 Å². The van der Waals surface area contributed by atoms with Crippen molar-refractivity contribution < 1.29 is 9.53 Å². The second-order valence-corrected chi connectivity index (χ2v) is 8.65. The highest BCUT2D eigenvalue weighted by Crippen LogP contribution is 2.37. The Morgan fingerprint density at radius 1 is 1.09 bits per heavy atom. The molecule has 0 N–H and O–H groups in total. The molecule has 0 unspecified atom stereocenters. The van der Waals surface area contributed by atoms with Crippen LogP contribution in [0.3, 0.4) is 0 Å². The molecule has 3 rings (SSSR count). The number of ether oxygens (including phenoxy) is 1. The van der Waals surface area contributed by atoms with Crippen LogP contribution >= 0.6 is 0 Å². The molecule has 0 fully saturated rings. The molecule has 1 amide bonds. The fraction of sp³-hybridized carbons (Fsp3) is 0.393. The lowest BCUT2D eigenvalue weighted by Gasteiger charge is -2.29. The van der Waals surface area contributed by atoms with Gasteiger partial charge in [-0.2, -0.15) is 0 Å². The Kier molecular flexibility index (Phi) is 8.29. The van der Waals surface area contributed by atoms with Crippen molar-refractivity contribution in [2.45, 2.75) is 26.7 Å². The zero-order valence-electron chi connectivity index (χ0n) is 20.1. The molecule has 0 aliphatic heterocycles. The molecule has 0 saturated heterocycles. The van der Waals surface area contributed by atoms with E-state index in [-0.39, 0.29) is 5.91 Å². The molecule has 2 aromatic rings. The SMILES string of the molecule is CCN(CC)C(=O)c1cccc(/C=C2/C=C(c3cccc(OC)c3)[C@@H](CN(C)C)CC2)c1. The molecule has 0 saturated carbocycles. The van der Waals surface area contributed by atoms with Gasteiger partial charge in [-0.05, 0) is 93.2 Å². The summed E-state index contributed by atoms with van der Waals surface area (Å²) in [6, 6.07) is 16.3. The summed E-state index contributed by atoms with van der Waals surface area (Å²) in [6.45, 7) is 6.50. The molecule has 4 nitrogen and oxygen atoms in total. The molecule has 0 bridgehead atoms. The van der Waals surface area contributed by atoms with Crippen LogP contribution in [0, 0.1) is 5.92 Å². The van der Waals surface area contributed by atoms with Crippen molar-refractivity contribution in [3.63, 3.8) is 0 Å². The van der Waals surface area contributed by atoms with E-state index in [9.17, 15) is 4.79 Å². The van der Waals surface area contributed by atoms with Crippen LogP contribution < -0.4 is 4.74 Å². The molecule has 170 valence electrons. The molecular formula is C28H36N2O2. The number of hydrogen-bond acceptors (Lipinski definition) is 3. The number of rotatable bonds is 8. The lowest BCUT2D eigenvalue weighted by Crippen LogP contribution is -2.30. The van der Waals surface area contributed by atoms with Crippen LogP contribution in [0.15, 0.2) is 60.2 Å². The van der Waals surface area contributed by atoms with Crippen molar-refractivity contribution in [2.24, 2.45) is 5.92 Å². The zero-order chi connectivity index (χ0) is 23.1. The van der Waals surface area contributed by atoms with Crippen LogP contribution in [0.25, 0.3) is 11.6 Å². The van der Waals surface area contributed by atoms with Crippen LogP contribution in [0.4, 0.5) is 0 Å². The van der Waals surface area contributed by atoms with Gasteiger partial charge < -0.3 is 14.5 Å². The van der Waals surface area contributed by atoms with E-state index < -0.39 is 0 Å². The first kappa shape index (κ1) is 23.8. The summed E-state index contributed by atoms with van der Waals surface area (Å²) in [7, 11) is 5.98. The fourth-order valence-electron chi connectivity index (χ4n) is 4.42. The van der Waals surface area contributed by atoms with Crippen LogP contribution in [0.1, 0.15) is 48.2 Å². The summed E-state index contributed by atoms with van der Waals surface area (Å²) in [5.74, 6) is 1.45. The number of benzene rings is 2. The number of allylic oxidation sites excluding steroid dienone is 2. The Hall–Kier alpha value is -2.85. The van der Waals surface area contributed by atoms with Crippen molar-refractivity contribution in [1.82, 2.24) is 9.80 Å². The van der Waals surface area contributed by atoms with E-state index in [1.165, 1.54) is 16.7 Å². The fourth-order valence-corrected chi connectivity index (χ4v) is 4.42. The van der Waals surface area contributed by atoms with Crippen molar-refractivity contribution in [3.05, 3.63) is 76.9 Å². The smallest absolute Gasteiger partial charge is 0.253 e. The van der Waals surface area contributed by atoms with Gasteiger partial charge in [-0.3, -0.25) is 4.79 Å². The summed E-state index contributed by atoms with van der Waals surface area (Å²) in [5.41, 5.74) is 5.69. The van der Waals surface area contributed by atoms with E-state index in [0.717, 1.165) is 49.4 Å². The molecular weight excluding hydrogens is 396 g/mol. The first-order chi connectivity index (χ1) is 15.4. The number of carbonyl (C=O) groups is 1. The molecule has 0 spiro atoms. The van der Waals surface area contributed by atoms with Crippen LogP contribution in [-0.4, -0.2) is 56.5 Å². The minimum atomic E-state index is 0.0950. The van der Waals surface area contributed by atoms with Gasteiger partial charge in [0.2, 0.25) is 0 Å². The largest absolute Gasteiger partial charge is 0.497 e. The molecule has 2 aromatic carbocycles. The Bertz CT molecular complexity index is 986. The van der Waals surface area contributed by atoms with Gasteiger partial charge in [-0.25, -0.2) is 0 Å². The number of nitrogens with zero attached hydrogens (tertiary/aromatic N) is 2. The van der Waals surface area contributed by atoms with E-state index in [1.54, 1.807) is 7.11 Å². The molecule has 0 aromatic heterocycles. The minimum absolute atomic E-state index is 0.0950. The first-order valence-corrected chi connectivity index (χ1v) is 11.6. The molecule has 1 aliphatic carbocycles. The van der Waals surface area contributed by atoms with Gasteiger partial charge >= 0.3 is 0 Å². The van der Waals surface area contributed by atoms with Gasteiger partial charge in [0.25, 0.3) is 5.91 Å². The van der Waals surface area contributed by atoms with Gasteiger partial charge in [0.1, 0.15) is 5.75 Å². The highest BCUT2D eigenvalue weighted by Gasteiger charge is 2.22. The number of methoxy groups -OCH3 is 1.